The van der Waals surface area contributed by atoms with Crippen molar-refractivity contribution in [3.8, 4) is 16.9 Å². The number of ether oxygens (including phenoxy) is 1. The van der Waals surface area contributed by atoms with Crippen LogP contribution in [0.4, 0.5) is 0 Å². The first kappa shape index (κ1) is 18.7. The van der Waals surface area contributed by atoms with Crippen LogP contribution in [0.15, 0.2) is 29.6 Å². The van der Waals surface area contributed by atoms with Crippen LogP contribution in [0, 0.1) is 5.41 Å². The third-order valence-corrected chi connectivity index (χ3v) is 5.87. The van der Waals surface area contributed by atoms with Gasteiger partial charge in [0, 0.05) is 11.9 Å². The standard InChI is InChI=1S/C19H22ClN3O2S/c1-11(2)25-15-6-5-12(7-14(15)20)13-8-16(26-10-13)19(3)9-17(24)23(4)18(21)22-19/h5-8,10-11H,9H2,1-4H3,(H2,21,22). The third-order valence-electron chi connectivity index (χ3n) is 4.38. The van der Waals surface area contributed by atoms with E-state index in [-0.39, 0.29) is 18.0 Å². The van der Waals surface area contributed by atoms with Crippen LogP contribution in [0.3, 0.4) is 0 Å². The number of halogens is 1. The summed E-state index contributed by atoms with van der Waals surface area (Å²) in [7, 11) is 1.61. The predicted octanol–water partition coefficient (Wildman–Crippen LogP) is 4.46. The molecule has 3 rings (SSSR count). The van der Waals surface area contributed by atoms with E-state index in [1.165, 1.54) is 4.90 Å². The number of carbonyl (C=O) groups is 1. The van der Waals surface area contributed by atoms with Crippen molar-refractivity contribution in [1.82, 2.24) is 10.2 Å². The molecule has 5 nitrogen and oxygen atoms in total. The molecule has 1 saturated heterocycles. The summed E-state index contributed by atoms with van der Waals surface area (Å²) >= 11 is 7.92. The molecule has 26 heavy (non-hydrogen) atoms. The molecule has 1 atom stereocenters. The Morgan fingerprint density at radius 2 is 2.08 bits per heavy atom. The molecule has 0 aliphatic carbocycles. The molecule has 1 aliphatic rings. The summed E-state index contributed by atoms with van der Waals surface area (Å²) < 4.78 is 5.68. The lowest BCUT2D eigenvalue weighted by Crippen LogP contribution is -2.57. The van der Waals surface area contributed by atoms with E-state index < -0.39 is 5.54 Å². The van der Waals surface area contributed by atoms with Gasteiger partial charge in [0.1, 0.15) is 5.75 Å². The van der Waals surface area contributed by atoms with Crippen LogP contribution in [0.25, 0.3) is 11.1 Å². The highest BCUT2D eigenvalue weighted by Crippen LogP contribution is 2.38. The van der Waals surface area contributed by atoms with Crippen molar-refractivity contribution < 1.29 is 9.53 Å². The predicted molar refractivity (Wildman–Crippen MR) is 106 cm³/mol. The lowest BCUT2D eigenvalue weighted by Gasteiger charge is -2.38. The molecule has 2 heterocycles. The molecule has 2 N–H and O–H groups in total. The zero-order valence-corrected chi connectivity index (χ0v) is 16.8. The molecule has 2 aromatic rings. The molecule has 0 radical (unpaired) electrons. The quantitative estimate of drug-likeness (QED) is 0.808. The summed E-state index contributed by atoms with van der Waals surface area (Å²) in [6, 6.07) is 7.80. The van der Waals surface area contributed by atoms with Gasteiger partial charge in [0.05, 0.1) is 23.1 Å². The normalized spacial score (nSPS) is 20.5. The molecule has 0 saturated carbocycles. The maximum Gasteiger partial charge on any atom is 0.231 e. The Morgan fingerprint density at radius 3 is 2.69 bits per heavy atom. The summed E-state index contributed by atoms with van der Waals surface area (Å²) in [6.45, 7) is 5.88. The van der Waals surface area contributed by atoms with Crippen LogP contribution < -0.4 is 10.1 Å². The van der Waals surface area contributed by atoms with Gasteiger partial charge in [0.2, 0.25) is 5.91 Å². The number of guanidine groups is 1. The summed E-state index contributed by atoms with van der Waals surface area (Å²) in [5, 5.41) is 13.7. The fourth-order valence-electron chi connectivity index (χ4n) is 2.89. The lowest BCUT2D eigenvalue weighted by molar-refractivity contribution is -0.129. The maximum absolute atomic E-state index is 12.2. The Kier molecular flexibility index (Phi) is 4.99. The van der Waals surface area contributed by atoms with Crippen molar-refractivity contribution in [1.29, 1.82) is 5.41 Å². The Labute approximate surface area is 162 Å². The van der Waals surface area contributed by atoms with Gasteiger partial charge in [-0.3, -0.25) is 15.1 Å². The number of rotatable bonds is 4. The summed E-state index contributed by atoms with van der Waals surface area (Å²) in [4.78, 5) is 14.5. The van der Waals surface area contributed by atoms with E-state index in [4.69, 9.17) is 21.7 Å². The Balaban J connectivity index is 1.87. The molecule has 1 amide bonds. The fraction of sp³-hybridized carbons (Fsp3) is 0.368. The number of nitrogens with zero attached hydrogens (tertiary/aromatic N) is 1. The van der Waals surface area contributed by atoms with E-state index in [1.807, 2.05) is 44.4 Å². The largest absolute Gasteiger partial charge is 0.489 e. The first-order valence-electron chi connectivity index (χ1n) is 8.38. The second-order valence-electron chi connectivity index (χ2n) is 6.95. The first-order valence-corrected chi connectivity index (χ1v) is 9.64. The third kappa shape index (κ3) is 3.57. The zero-order valence-electron chi connectivity index (χ0n) is 15.2. The van der Waals surface area contributed by atoms with Crippen LogP contribution in [0.1, 0.15) is 32.1 Å². The van der Waals surface area contributed by atoms with Crippen molar-refractivity contribution >= 4 is 34.8 Å². The second-order valence-corrected chi connectivity index (χ2v) is 8.27. The number of hydrogen-bond donors (Lipinski definition) is 2. The molecular weight excluding hydrogens is 370 g/mol. The van der Waals surface area contributed by atoms with Gasteiger partial charge in [-0.1, -0.05) is 17.7 Å². The summed E-state index contributed by atoms with van der Waals surface area (Å²) in [5.74, 6) is 0.727. The molecule has 1 aromatic heterocycles. The SMILES string of the molecule is CC(C)Oc1ccc(-c2csc(C3(C)CC(=O)N(C)C(=N)N3)c2)cc1Cl. The van der Waals surface area contributed by atoms with E-state index in [0.717, 1.165) is 16.0 Å². The molecular formula is C19H22ClN3O2S. The molecule has 7 heteroatoms. The molecule has 1 unspecified atom stereocenters. The van der Waals surface area contributed by atoms with Gasteiger partial charge in [-0.15, -0.1) is 11.3 Å². The maximum atomic E-state index is 12.2. The van der Waals surface area contributed by atoms with Crippen LogP contribution >= 0.6 is 22.9 Å². The average molecular weight is 392 g/mol. The van der Waals surface area contributed by atoms with Gasteiger partial charge in [-0.05, 0) is 55.5 Å². The van der Waals surface area contributed by atoms with Gasteiger partial charge in [-0.25, -0.2) is 0 Å². The van der Waals surface area contributed by atoms with Crippen molar-refractivity contribution in [2.24, 2.45) is 0 Å². The number of hydrogen-bond acceptors (Lipinski definition) is 4. The van der Waals surface area contributed by atoms with Gasteiger partial charge < -0.3 is 10.1 Å². The smallest absolute Gasteiger partial charge is 0.231 e. The minimum absolute atomic E-state index is 0.0643. The van der Waals surface area contributed by atoms with Crippen molar-refractivity contribution in [3.63, 3.8) is 0 Å². The average Bonchev–Trinajstić information content (AvgIpc) is 3.05. The Hall–Kier alpha value is -2.05. The zero-order chi connectivity index (χ0) is 19.1. The Bertz CT molecular complexity index is 844. The van der Waals surface area contributed by atoms with E-state index in [1.54, 1.807) is 18.4 Å². The summed E-state index contributed by atoms with van der Waals surface area (Å²) in [6.07, 6.45) is 0.378. The van der Waals surface area contributed by atoms with E-state index in [2.05, 4.69) is 11.4 Å². The molecule has 1 aromatic carbocycles. The van der Waals surface area contributed by atoms with E-state index >= 15 is 0 Å². The van der Waals surface area contributed by atoms with Gasteiger partial charge in [-0.2, -0.15) is 0 Å². The number of amides is 1. The minimum atomic E-state index is -0.575. The minimum Gasteiger partial charge on any atom is -0.489 e. The monoisotopic (exact) mass is 391 g/mol. The van der Waals surface area contributed by atoms with Gasteiger partial charge in [0.25, 0.3) is 0 Å². The number of thiophene rings is 1. The van der Waals surface area contributed by atoms with Crippen LogP contribution in [0.5, 0.6) is 5.75 Å². The number of benzene rings is 1. The highest BCUT2D eigenvalue weighted by Gasteiger charge is 2.38. The highest BCUT2D eigenvalue weighted by molar-refractivity contribution is 7.10. The van der Waals surface area contributed by atoms with Crippen molar-refractivity contribution in [2.45, 2.75) is 38.8 Å². The topological polar surface area (TPSA) is 65.4 Å². The van der Waals surface area contributed by atoms with Crippen LogP contribution in [-0.2, 0) is 10.3 Å². The second kappa shape index (κ2) is 6.93. The Morgan fingerprint density at radius 1 is 1.35 bits per heavy atom. The highest BCUT2D eigenvalue weighted by atomic mass is 35.5. The summed E-state index contributed by atoms with van der Waals surface area (Å²) in [5.41, 5.74) is 1.45. The van der Waals surface area contributed by atoms with Crippen molar-refractivity contribution in [3.05, 3.63) is 39.5 Å². The fourth-order valence-corrected chi connectivity index (χ4v) is 4.15. The molecule has 0 bridgehead atoms. The van der Waals surface area contributed by atoms with Gasteiger partial charge in [0.15, 0.2) is 5.96 Å². The van der Waals surface area contributed by atoms with Crippen LogP contribution in [0.2, 0.25) is 5.02 Å². The number of carbonyl (C=O) groups excluding carboxylic acids is 1. The van der Waals surface area contributed by atoms with Gasteiger partial charge >= 0.3 is 0 Å². The molecule has 138 valence electrons. The molecule has 1 aliphatic heterocycles. The van der Waals surface area contributed by atoms with Crippen molar-refractivity contribution in [2.75, 3.05) is 7.05 Å². The van der Waals surface area contributed by atoms with E-state index in [9.17, 15) is 4.79 Å². The van der Waals surface area contributed by atoms with Crippen LogP contribution in [-0.4, -0.2) is 29.9 Å². The molecule has 1 fully saturated rings. The number of nitrogens with one attached hydrogen (secondary N) is 2. The van der Waals surface area contributed by atoms with E-state index in [0.29, 0.717) is 17.2 Å². The molecule has 0 spiro atoms. The first-order chi connectivity index (χ1) is 12.2. The lowest BCUT2D eigenvalue weighted by atomic mass is 9.92.